The molecule has 9 nitrogen and oxygen atoms in total. The second kappa shape index (κ2) is 9.98. The molecule has 0 aliphatic carbocycles. The average Bonchev–Trinajstić information content (AvgIpc) is 3.26. The smallest absolute Gasteiger partial charge is 0.252 e. The number of aromatic nitrogens is 3. The molecule has 2 atom stereocenters. The van der Waals surface area contributed by atoms with Crippen LogP contribution in [0.2, 0.25) is 0 Å². The fraction of sp³-hybridized carbons (Fsp3) is 0.240. The highest BCUT2D eigenvalue weighted by Gasteiger charge is 2.22. The monoisotopic (exact) mass is 477 g/mol. The molecule has 10 heteroatoms. The first-order chi connectivity index (χ1) is 16.8. The third-order valence-corrected chi connectivity index (χ3v) is 5.74. The predicted octanol–water partition coefficient (Wildman–Crippen LogP) is 3.94. The van der Waals surface area contributed by atoms with Crippen LogP contribution in [0.15, 0.2) is 54.7 Å². The van der Waals surface area contributed by atoms with E-state index < -0.39 is 17.8 Å². The first-order valence-electron chi connectivity index (χ1n) is 11.2. The Bertz CT molecular complexity index is 1350. The van der Waals surface area contributed by atoms with E-state index in [1.165, 1.54) is 0 Å². The summed E-state index contributed by atoms with van der Waals surface area (Å²) in [6.45, 7) is 4.56. The Morgan fingerprint density at radius 1 is 1.17 bits per heavy atom. The van der Waals surface area contributed by atoms with E-state index in [0.29, 0.717) is 11.4 Å². The standard InChI is InChI=1S/C25H28FN7O2/c1-4-33-21-10-7-17(11-16(21)13-29-33)30-24-19(23(28)34)12-20(26)25(32-24)31-22(14(2)27)15-5-8-18(35-3)9-6-15/h5-14,22H,4,27H2,1-3H3,(H2,28,34)(H2,30,31,32)/t14-,22-/m0/s1. The van der Waals surface area contributed by atoms with Crippen LogP contribution in [0.3, 0.4) is 0 Å². The largest absolute Gasteiger partial charge is 0.497 e. The predicted molar refractivity (Wildman–Crippen MR) is 134 cm³/mol. The number of rotatable bonds is 9. The van der Waals surface area contributed by atoms with Crippen LogP contribution in [0.4, 0.5) is 21.7 Å². The van der Waals surface area contributed by atoms with E-state index in [1.807, 2.05) is 48.9 Å². The summed E-state index contributed by atoms with van der Waals surface area (Å²) >= 11 is 0. The number of nitrogens with two attached hydrogens (primary N) is 2. The topological polar surface area (TPSA) is 133 Å². The van der Waals surface area contributed by atoms with Gasteiger partial charge < -0.3 is 26.8 Å². The minimum Gasteiger partial charge on any atom is -0.497 e. The fourth-order valence-corrected chi connectivity index (χ4v) is 3.90. The summed E-state index contributed by atoms with van der Waals surface area (Å²) in [6, 6.07) is 13.2. The lowest BCUT2D eigenvalue weighted by molar-refractivity contribution is 0.100. The number of ether oxygens (including phenoxy) is 1. The van der Waals surface area contributed by atoms with Gasteiger partial charge in [0.2, 0.25) is 0 Å². The second-order valence-corrected chi connectivity index (χ2v) is 8.19. The van der Waals surface area contributed by atoms with Gasteiger partial charge in [0.15, 0.2) is 11.6 Å². The van der Waals surface area contributed by atoms with Gasteiger partial charge in [-0.05, 0) is 55.8 Å². The summed E-state index contributed by atoms with van der Waals surface area (Å²) in [4.78, 5) is 16.4. The second-order valence-electron chi connectivity index (χ2n) is 8.19. The van der Waals surface area contributed by atoms with Gasteiger partial charge in [0.1, 0.15) is 11.6 Å². The van der Waals surface area contributed by atoms with E-state index in [-0.39, 0.29) is 23.2 Å². The molecule has 1 amide bonds. The number of primary amides is 1. The fourth-order valence-electron chi connectivity index (χ4n) is 3.90. The zero-order valence-corrected chi connectivity index (χ0v) is 19.7. The summed E-state index contributed by atoms with van der Waals surface area (Å²) in [5.74, 6) is -0.759. The molecule has 182 valence electrons. The molecule has 4 rings (SSSR count). The zero-order valence-electron chi connectivity index (χ0n) is 19.7. The van der Waals surface area contributed by atoms with Gasteiger partial charge in [-0.15, -0.1) is 0 Å². The van der Waals surface area contributed by atoms with Crippen LogP contribution >= 0.6 is 0 Å². The molecule has 0 unspecified atom stereocenters. The number of hydrogen-bond donors (Lipinski definition) is 4. The van der Waals surface area contributed by atoms with Crippen LogP contribution in [0, 0.1) is 5.82 Å². The molecular weight excluding hydrogens is 449 g/mol. The molecule has 0 saturated carbocycles. The highest BCUT2D eigenvalue weighted by molar-refractivity contribution is 5.99. The van der Waals surface area contributed by atoms with E-state index in [9.17, 15) is 4.79 Å². The third kappa shape index (κ3) is 5.02. The number of halogens is 1. The van der Waals surface area contributed by atoms with Gasteiger partial charge in [-0.25, -0.2) is 9.37 Å². The van der Waals surface area contributed by atoms with Crippen LogP contribution in [-0.2, 0) is 6.54 Å². The van der Waals surface area contributed by atoms with Gasteiger partial charge in [-0.2, -0.15) is 5.10 Å². The average molecular weight is 478 g/mol. The van der Waals surface area contributed by atoms with Crippen LogP contribution in [0.5, 0.6) is 5.75 Å². The molecule has 2 heterocycles. The molecule has 0 bridgehead atoms. The van der Waals surface area contributed by atoms with Crippen molar-refractivity contribution < 1.29 is 13.9 Å². The Balaban J connectivity index is 1.68. The number of carbonyl (C=O) groups excluding carboxylic acids is 1. The van der Waals surface area contributed by atoms with E-state index in [0.717, 1.165) is 29.1 Å². The maximum Gasteiger partial charge on any atom is 0.252 e. The van der Waals surface area contributed by atoms with E-state index in [2.05, 4.69) is 20.7 Å². The number of hydrogen-bond acceptors (Lipinski definition) is 7. The molecule has 6 N–H and O–H groups in total. The normalized spacial score (nSPS) is 12.8. The number of anilines is 3. The first kappa shape index (κ1) is 24.0. The summed E-state index contributed by atoms with van der Waals surface area (Å²) in [5, 5.41) is 11.4. The van der Waals surface area contributed by atoms with Crippen LogP contribution in [0.1, 0.15) is 35.8 Å². The number of methoxy groups -OCH3 is 1. The molecule has 2 aromatic carbocycles. The highest BCUT2D eigenvalue weighted by Crippen LogP contribution is 2.29. The quantitative estimate of drug-likeness (QED) is 0.287. The van der Waals surface area contributed by atoms with E-state index >= 15 is 4.39 Å². The number of nitrogens with zero attached hydrogens (tertiary/aromatic N) is 3. The van der Waals surface area contributed by atoms with Gasteiger partial charge >= 0.3 is 0 Å². The number of carbonyl (C=O) groups is 1. The van der Waals surface area contributed by atoms with Gasteiger partial charge in [0.05, 0.1) is 30.4 Å². The molecule has 35 heavy (non-hydrogen) atoms. The van der Waals surface area contributed by atoms with Crippen LogP contribution in [-0.4, -0.2) is 33.8 Å². The lowest BCUT2D eigenvalue weighted by Gasteiger charge is -2.24. The molecule has 0 aliphatic rings. The summed E-state index contributed by atoms with van der Waals surface area (Å²) in [6.07, 6.45) is 1.76. The summed E-state index contributed by atoms with van der Waals surface area (Å²) < 4.78 is 22.1. The Morgan fingerprint density at radius 2 is 1.91 bits per heavy atom. The molecule has 4 aromatic rings. The van der Waals surface area contributed by atoms with Gasteiger partial charge in [-0.1, -0.05) is 12.1 Å². The number of benzene rings is 2. The first-order valence-corrected chi connectivity index (χ1v) is 11.2. The summed E-state index contributed by atoms with van der Waals surface area (Å²) in [7, 11) is 1.58. The minimum atomic E-state index is -0.802. The van der Waals surface area contributed by atoms with Crippen molar-refractivity contribution in [1.29, 1.82) is 0 Å². The maximum absolute atomic E-state index is 15.0. The van der Waals surface area contributed by atoms with Crippen molar-refractivity contribution in [3.8, 4) is 5.75 Å². The Morgan fingerprint density at radius 3 is 2.54 bits per heavy atom. The highest BCUT2D eigenvalue weighted by atomic mass is 19.1. The molecular formula is C25H28FN7O2. The van der Waals surface area contributed by atoms with Crippen molar-refractivity contribution in [3.63, 3.8) is 0 Å². The zero-order chi connectivity index (χ0) is 25.1. The lowest BCUT2D eigenvalue weighted by Crippen LogP contribution is -2.31. The van der Waals surface area contributed by atoms with Crippen molar-refractivity contribution in [2.24, 2.45) is 11.5 Å². The number of nitrogens with one attached hydrogen (secondary N) is 2. The molecule has 0 saturated heterocycles. The summed E-state index contributed by atoms with van der Waals surface area (Å²) in [5.41, 5.74) is 14.1. The molecule has 0 spiro atoms. The van der Waals surface area contributed by atoms with E-state index in [1.54, 1.807) is 25.4 Å². The number of fused-ring (bicyclic) bond motifs is 1. The van der Waals surface area contributed by atoms with Gasteiger partial charge in [-0.3, -0.25) is 9.48 Å². The molecule has 0 fully saturated rings. The SMILES string of the molecule is CCn1ncc2cc(Nc3nc(N[C@H](c4ccc(OC)cc4)[C@H](C)N)c(F)cc3C(N)=O)ccc21. The van der Waals surface area contributed by atoms with Gasteiger partial charge in [0.25, 0.3) is 5.91 Å². The lowest BCUT2D eigenvalue weighted by atomic mass is 10.0. The molecule has 2 aromatic heterocycles. The number of pyridine rings is 1. The van der Waals surface area contributed by atoms with Crippen molar-refractivity contribution in [2.75, 3.05) is 17.7 Å². The third-order valence-electron chi connectivity index (χ3n) is 5.74. The van der Waals surface area contributed by atoms with Crippen molar-refractivity contribution >= 4 is 34.1 Å². The van der Waals surface area contributed by atoms with Gasteiger partial charge in [0, 0.05) is 23.7 Å². The van der Waals surface area contributed by atoms with Crippen molar-refractivity contribution in [2.45, 2.75) is 32.5 Å². The number of aryl methyl sites for hydroxylation is 1. The van der Waals surface area contributed by atoms with Crippen molar-refractivity contribution in [3.05, 3.63) is 71.7 Å². The molecule has 0 aliphatic heterocycles. The Kier molecular flexibility index (Phi) is 6.83. The number of amides is 1. The van der Waals surface area contributed by atoms with Crippen LogP contribution in [0.25, 0.3) is 10.9 Å². The minimum absolute atomic E-state index is 0.0597. The Hall–Kier alpha value is -4.18. The van der Waals surface area contributed by atoms with E-state index in [4.69, 9.17) is 16.2 Å². The van der Waals surface area contributed by atoms with Crippen LogP contribution < -0.4 is 26.8 Å². The molecule has 0 radical (unpaired) electrons. The Labute approximate surface area is 202 Å². The van der Waals surface area contributed by atoms with Crippen molar-refractivity contribution in [1.82, 2.24) is 14.8 Å². The maximum atomic E-state index is 15.0.